The van der Waals surface area contributed by atoms with Crippen molar-refractivity contribution < 1.29 is 14.3 Å². The van der Waals surface area contributed by atoms with Crippen LogP contribution < -0.4 is 0 Å². The Balaban J connectivity index is 2.58. The Kier molecular flexibility index (Phi) is 2.44. The number of hydrogen-bond acceptors (Lipinski definition) is 3. The van der Waals surface area contributed by atoms with Crippen LogP contribution in [0.5, 0.6) is 5.75 Å². The van der Waals surface area contributed by atoms with E-state index in [-0.39, 0.29) is 17.0 Å². The maximum absolute atomic E-state index is 13.7. The summed E-state index contributed by atoms with van der Waals surface area (Å²) in [5, 5.41) is 13.3. The molecule has 2 rings (SSSR count). The summed E-state index contributed by atoms with van der Waals surface area (Å²) in [4.78, 5) is 11.0. The Morgan fingerprint density at radius 1 is 1.44 bits per heavy atom. The minimum atomic E-state index is -0.769. The van der Waals surface area contributed by atoms with Crippen LogP contribution in [-0.2, 0) is 0 Å². The van der Waals surface area contributed by atoms with Gasteiger partial charge in [0.05, 0.1) is 11.8 Å². The summed E-state index contributed by atoms with van der Waals surface area (Å²) in [6.07, 6.45) is 1.14. The maximum Gasteiger partial charge on any atom is 0.227 e. The van der Waals surface area contributed by atoms with Gasteiger partial charge in [0, 0.05) is 0 Å². The van der Waals surface area contributed by atoms with E-state index < -0.39 is 11.7 Å². The third-order valence-corrected chi connectivity index (χ3v) is 2.20. The van der Waals surface area contributed by atoms with Gasteiger partial charge in [-0.05, 0) is 19.1 Å². The SMILES string of the molecule is CC(=O)c1cnn(-c2ccccc2O)c1F. The zero-order valence-corrected chi connectivity index (χ0v) is 8.51. The number of aromatic hydroxyl groups is 1. The zero-order valence-electron chi connectivity index (χ0n) is 8.51. The van der Waals surface area contributed by atoms with E-state index in [1.165, 1.54) is 19.1 Å². The van der Waals surface area contributed by atoms with Gasteiger partial charge in [-0.25, -0.2) is 4.68 Å². The van der Waals surface area contributed by atoms with E-state index in [9.17, 15) is 14.3 Å². The third-order valence-electron chi connectivity index (χ3n) is 2.20. The van der Waals surface area contributed by atoms with E-state index in [0.717, 1.165) is 10.9 Å². The van der Waals surface area contributed by atoms with Crippen molar-refractivity contribution in [2.45, 2.75) is 6.92 Å². The molecule has 82 valence electrons. The smallest absolute Gasteiger partial charge is 0.227 e. The van der Waals surface area contributed by atoms with Crippen molar-refractivity contribution in [1.82, 2.24) is 9.78 Å². The van der Waals surface area contributed by atoms with Crippen molar-refractivity contribution in [1.29, 1.82) is 0 Å². The molecule has 0 aliphatic carbocycles. The number of phenols is 1. The van der Waals surface area contributed by atoms with Crippen LogP contribution in [-0.4, -0.2) is 20.7 Å². The Morgan fingerprint density at radius 2 is 2.12 bits per heavy atom. The van der Waals surface area contributed by atoms with Crippen LogP contribution in [0.15, 0.2) is 30.5 Å². The lowest BCUT2D eigenvalue weighted by atomic mass is 10.2. The van der Waals surface area contributed by atoms with E-state index >= 15 is 0 Å². The zero-order chi connectivity index (χ0) is 11.7. The lowest BCUT2D eigenvalue weighted by Crippen LogP contribution is -2.02. The first-order valence-corrected chi connectivity index (χ1v) is 4.64. The summed E-state index contributed by atoms with van der Waals surface area (Å²) in [6.45, 7) is 1.26. The molecular formula is C11H9FN2O2. The quantitative estimate of drug-likeness (QED) is 0.786. The van der Waals surface area contributed by atoms with E-state index in [2.05, 4.69) is 5.10 Å². The molecule has 1 N–H and O–H groups in total. The van der Waals surface area contributed by atoms with Gasteiger partial charge in [-0.2, -0.15) is 9.49 Å². The molecule has 16 heavy (non-hydrogen) atoms. The summed E-state index contributed by atoms with van der Waals surface area (Å²) < 4.78 is 14.6. The molecule has 0 saturated carbocycles. The Bertz CT molecular complexity index is 549. The lowest BCUT2D eigenvalue weighted by Gasteiger charge is -2.04. The number of rotatable bonds is 2. The normalized spacial score (nSPS) is 10.4. The van der Waals surface area contributed by atoms with Gasteiger partial charge >= 0.3 is 0 Å². The number of para-hydroxylation sites is 2. The molecule has 0 aliphatic rings. The van der Waals surface area contributed by atoms with E-state index in [1.54, 1.807) is 12.1 Å². The number of ketones is 1. The first-order valence-electron chi connectivity index (χ1n) is 4.64. The molecule has 0 unspecified atom stereocenters. The predicted octanol–water partition coefficient (Wildman–Crippen LogP) is 1.92. The average Bonchev–Trinajstić information content (AvgIpc) is 2.61. The molecule has 0 spiro atoms. The van der Waals surface area contributed by atoms with Gasteiger partial charge in [-0.15, -0.1) is 0 Å². The van der Waals surface area contributed by atoms with Crippen LogP contribution >= 0.6 is 0 Å². The van der Waals surface area contributed by atoms with Crippen LogP contribution in [0.2, 0.25) is 0 Å². The molecule has 0 radical (unpaired) electrons. The van der Waals surface area contributed by atoms with Crippen molar-refractivity contribution in [2.75, 3.05) is 0 Å². The van der Waals surface area contributed by atoms with Crippen molar-refractivity contribution >= 4 is 5.78 Å². The number of benzene rings is 1. The number of halogens is 1. The first kappa shape index (κ1) is 10.4. The van der Waals surface area contributed by atoms with Gasteiger partial charge in [0.15, 0.2) is 5.78 Å². The number of nitrogens with zero attached hydrogens (tertiary/aromatic N) is 2. The molecule has 4 nitrogen and oxygen atoms in total. The monoisotopic (exact) mass is 220 g/mol. The van der Waals surface area contributed by atoms with Gasteiger partial charge in [-0.3, -0.25) is 4.79 Å². The highest BCUT2D eigenvalue weighted by molar-refractivity contribution is 5.93. The fraction of sp³-hybridized carbons (Fsp3) is 0.0909. The number of carbonyl (C=O) groups excluding carboxylic acids is 1. The van der Waals surface area contributed by atoms with Crippen molar-refractivity contribution in [2.24, 2.45) is 0 Å². The number of hydrogen-bond donors (Lipinski definition) is 1. The molecule has 1 aromatic heterocycles. The molecule has 2 aromatic rings. The van der Waals surface area contributed by atoms with Gasteiger partial charge in [0.25, 0.3) is 0 Å². The summed E-state index contributed by atoms with van der Waals surface area (Å²) >= 11 is 0. The number of Topliss-reactive ketones (excluding diaryl/α,β-unsaturated/α-hetero) is 1. The van der Waals surface area contributed by atoms with Crippen molar-refractivity contribution in [3.8, 4) is 11.4 Å². The Labute approximate surface area is 90.9 Å². The summed E-state index contributed by atoms with van der Waals surface area (Å²) in [7, 11) is 0. The Hall–Kier alpha value is -2.17. The van der Waals surface area contributed by atoms with E-state index in [1.807, 2.05) is 0 Å². The van der Waals surface area contributed by atoms with Crippen LogP contribution in [0.4, 0.5) is 4.39 Å². The van der Waals surface area contributed by atoms with Crippen molar-refractivity contribution in [3.63, 3.8) is 0 Å². The molecule has 1 heterocycles. The highest BCUT2D eigenvalue weighted by Gasteiger charge is 2.16. The van der Waals surface area contributed by atoms with E-state index in [0.29, 0.717) is 0 Å². The van der Waals surface area contributed by atoms with Gasteiger partial charge in [-0.1, -0.05) is 12.1 Å². The summed E-state index contributed by atoms with van der Waals surface area (Å²) in [5.41, 5.74) is 0.107. The maximum atomic E-state index is 13.7. The van der Waals surface area contributed by atoms with E-state index in [4.69, 9.17) is 0 Å². The average molecular weight is 220 g/mol. The molecule has 0 fully saturated rings. The second-order valence-corrected chi connectivity index (χ2v) is 3.31. The molecule has 0 atom stereocenters. The third kappa shape index (κ3) is 1.56. The molecule has 5 heteroatoms. The highest BCUT2D eigenvalue weighted by Crippen LogP contribution is 2.22. The van der Waals surface area contributed by atoms with Gasteiger partial charge < -0.3 is 5.11 Å². The van der Waals surface area contributed by atoms with Crippen LogP contribution in [0, 0.1) is 5.95 Å². The minimum Gasteiger partial charge on any atom is -0.506 e. The predicted molar refractivity (Wildman–Crippen MR) is 55.2 cm³/mol. The molecule has 0 saturated heterocycles. The topological polar surface area (TPSA) is 55.1 Å². The fourth-order valence-corrected chi connectivity index (χ4v) is 1.38. The summed E-state index contributed by atoms with van der Waals surface area (Å²) in [5.74, 6) is -1.27. The fourth-order valence-electron chi connectivity index (χ4n) is 1.38. The van der Waals surface area contributed by atoms with Crippen LogP contribution in [0.1, 0.15) is 17.3 Å². The molecule has 0 amide bonds. The lowest BCUT2D eigenvalue weighted by molar-refractivity contribution is 0.101. The number of phenolic OH excluding ortho intramolecular Hbond substituents is 1. The van der Waals surface area contributed by atoms with Crippen LogP contribution in [0.3, 0.4) is 0 Å². The number of aromatic nitrogens is 2. The molecule has 1 aromatic carbocycles. The van der Waals surface area contributed by atoms with Crippen LogP contribution in [0.25, 0.3) is 5.69 Å². The first-order chi connectivity index (χ1) is 7.61. The largest absolute Gasteiger partial charge is 0.506 e. The highest BCUT2D eigenvalue weighted by atomic mass is 19.1. The molecular weight excluding hydrogens is 211 g/mol. The summed E-state index contributed by atoms with van der Waals surface area (Å²) in [6, 6.07) is 6.19. The van der Waals surface area contributed by atoms with Crippen molar-refractivity contribution in [3.05, 3.63) is 42.0 Å². The Morgan fingerprint density at radius 3 is 2.69 bits per heavy atom. The second-order valence-electron chi connectivity index (χ2n) is 3.31. The molecule has 0 bridgehead atoms. The second kappa shape index (κ2) is 3.77. The van der Waals surface area contributed by atoms with Gasteiger partial charge in [0.2, 0.25) is 5.95 Å². The number of carbonyl (C=O) groups is 1. The van der Waals surface area contributed by atoms with Gasteiger partial charge in [0.1, 0.15) is 11.4 Å². The molecule has 0 aliphatic heterocycles. The standard InChI is InChI=1S/C11H9FN2O2/c1-7(15)8-6-13-14(11(8)12)9-4-2-3-5-10(9)16/h2-6,16H,1H3. The minimum absolute atomic E-state index is 0.0942.